The van der Waals surface area contributed by atoms with Gasteiger partial charge in [-0.15, -0.1) is 0 Å². The fourth-order valence-electron chi connectivity index (χ4n) is 6.89. The van der Waals surface area contributed by atoms with Crippen LogP contribution in [-0.4, -0.2) is 67.9 Å². The first kappa shape index (κ1) is 52.2. The third-order valence-corrected chi connectivity index (χ3v) is 10.6. The molecule has 0 fully saturated rings. The number of nitrogens with zero attached hydrogens (tertiary/aromatic N) is 4. The molecule has 12 nitrogen and oxygen atoms in total. The lowest BCUT2D eigenvalue weighted by Crippen LogP contribution is -3.00. The first-order valence-corrected chi connectivity index (χ1v) is 21.1. The van der Waals surface area contributed by atoms with E-state index in [1.54, 1.807) is 0 Å². The van der Waals surface area contributed by atoms with E-state index in [2.05, 4.69) is 77.5 Å². The number of halogens is 4. The van der Waals surface area contributed by atoms with Crippen LogP contribution in [-0.2, 0) is 36.8 Å². The molecule has 0 aliphatic heterocycles. The molecule has 1 unspecified atom stereocenters. The maximum absolute atomic E-state index is 12.2. The highest BCUT2D eigenvalue weighted by molar-refractivity contribution is 7.48. The van der Waals surface area contributed by atoms with Crippen molar-refractivity contribution in [2.24, 2.45) is 0 Å². The summed E-state index contributed by atoms with van der Waals surface area (Å²) in [5.74, 6) is -3.97. The number of anilines is 2. The predicted octanol–water partition coefficient (Wildman–Crippen LogP) is 3.96. The van der Waals surface area contributed by atoms with Crippen molar-refractivity contribution >= 4 is 86.2 Å². The Labute approximate surface area is 382 Å². The van der Waals surface area contributed by atoms with Gasteiger partial charge in [-0.3, -0.25) is 9.59 Å². The van der Waals surface area contributed by atoms with Crippen molar-refractivity contribution in [1.82, 2.24) is 0 Å². The first-order valence-electron chi connectivity index (χ1n) is 19.9. The average Bonchev–Trinajstić information content (AvgIpc) is 3.16. The van der Waals surface area contributed by atoms with Crippen molar-refractivity contribution in [1.29, 1.82) is 0 Å². The van der Waals surface area contributed by atoms with Crippen LogP contribution in [0.2, 0.25) is 0 Å². The number of rotatable bonds is 11. The Balaban J connectivity index is 0.000000288. The Bertz CT molecular complexity index is 2650. The number of hydrogen-bond acceptors (Lipinski definition) is 8. The molecule has 6 rings (SSSR count). The SMILES string of the molecule is Cc1ccc2c([P+](=O)O)c3ccc(N(C)C)cc3[n+](CCCC(=O)O)c2c1.Cc1ccc2cc3ccc(N(C)C)cc3[n+](CCCC(=O)OC(C)(C)C)c2c1.O=C([O-])C(F)(F)F.[I-]. The molecule has 0 saturated carbocycles. The lowest BCUT2D eigenvalue weighted by Gasteiger charge is -2.19. The van der Waals surface area contributed by atoms with Crippen LogP contribution in [0.3, 0.4) is 0 Å². The van der Waals surface area contributed by atoms with Gasteiger partial charge in [-0.2, -0.15) is 27.2 Å². The zero-order valence-electron chi connectivity index (χ0n) is 36.8. The summed E-state index contributed by atoms with van der Waals surface area (Å²) in [6.45, 7) is 11.1. The number of aromatic nitrogens is 2. The molecular formula is C46H54F3IN4O8P+. The number of carbonyl (C=O) groups excluding carboxylic acids is 2. The first-order chi connectivity index (χ1) is 28.9. The Morgan fingerprint density at radius 3 is 1.60 bits per heavy atom. The fraction of sp³-hybridized carbons (Fsp3) is 0.370. The molecule has 6 aromatic rings. The van der Waals surface area contributed by atoms with E-state index < -0.39 is 31.7 Å². The number of pyridine rings is 2. The summed E-state index contributed by atoms with van der Waals surface area (Å²) in [6.07, 6.45) is -3.48. The van der Waals surface area contributed by atoms with Gasteiger partial charge in [-0.05, 0) is 92.8 Å². The molecule has 0 spiro atoms. The second kappa shape index (κ2) is 21.9. The standard InChI is InChI=1S/C24H31N2O2.C20H21N2O4P.C2HF3O2.HI/c1-17-9-10-18-15-19-11-12-20(25(5)6)16-22(19)26(21(18)14-17)13-7-8-23(27)28-24(2,3)4;1-13-6-8-15-17(11-13)22(10-4-5-19(23)24)18-12-14(21(2)3)7-9-16(18)20(15)27(25)26;3-2(4,5)1(6)7;/h9-12,14-16H,7-8,13H2,1-6H3;6-9,11-12H,4-5,10H2,1-3H3;(H,6,7);1H/q+1;;;. The highest BCUT2D eigenvalue weighted by Gasteiger charge is 2.32. The molecule has 0 bridgehead atoms. The third-order valence-electron chi connectivity index (χ3n) is 9.73. The van der Waals surface area contributed by atoms with Crippen LogP contribution < -0.4 is 53.3 Å². The van der Waals surface area contributed by atoms with E-state index >= 15 is 0 Å². The van der Waals surface area contributed by atoms with Crippen molar-refractivity contribution in [3.05, 3.63) is 90.0 Å². The minimum absolute atomic E-state index is 0. The van der Waals surface area contributed by atoms with Crippen LogP contribution in [0.25, 0.3) is 43.6 Å². The normalized spacial score (nSPS) is 11.5. The van der Waals surface area contributed by atoms with E-state index in [1.807, 2.05) is 83.1 Å². The minimum atomic E-state index is -5.19. The number of alkyl halides is 3. The van der Waals surface area contributed by atoms with E-state index in [4.69, 9.17) is 19.7 Å². The Morgan fingerprint density at radius 2 is 1.11 bits per heavy atom. The highest BCUT2D eigenvalue weighted by atomic mass is 127. The topological polar surface area (TPSA) is 155 Å². The largest absolute Gasteiger partial charge is 1.00 e. The molecule has 2 aromatic heterocycles. The molecule has 0 amide bonds. The fourth-order valence-corrected chi connectivity index (χ4v) is 7.68. The van der Waals surface area contributed by atoms with Crippen LogP contribution in [0.4, 0.5) is 24.5 Å². The average molecular weight is 1010 g/mol. The summed E-state index contributed by atoms with van der Waals surface area (Å²) in [7, 11) is 5.45. The zero-order chi connectivity index (χ0) is 46.3. The maximum Gasteiger partial charge on any atom is 0.547 e. The lowest BCUT2D eigenvalue weighted by atomic mass is 10.1. The second-order valence-corrected chi connectivity index (χ2v) is 17.4. The number of ether oxygens (including phenoxy) is 1. The van der Waals surface area contributed by atoms with Crippen molar-refractivity contribution in [2.45, 2.75) is 85.2 Å². The van der Waals surface area contributed by atoms with Gasteiger partial charge in [0.05, 0.1) is 12.8 Å². The van der Waals surface area contributed by atoms with Gasteiger partial charge in [0.15, 0.2) is 0 Å². The summed E-state index contributed by atoms with van der Waals surface area (Å²) in [4.78, 5) is 46.0. The molecule has 4 aromatic carbocycles. The monoisotopic (exact) mass is 1010 g/mol. The van der Waals surface area contributed by atoms with Crippen molar-refractivity contribution < 1.29 is 85.1 Å². The number of carbonyl (C=O) groups is 3. The van der Waals surface area contributed by atoms with Crippen LogP contribution in [0.15, 0.2) is 78.9 Å². The van der Waals surface area contributed by atoms with Gasteiger partial charge in [0, 0.05) is 87.4 Å². The molecule has 2 N–H and O–H groups in total. The summed E-state index contributed by atoms with van der Waals surface area (Å²) in [5.41, 5.74) is 8.04. The van der Waals surface area contributed by atoms with Crippen LogP contribution in [0.1, 0.15) is 57.6 Å². The molecule has 63 heavy (non-hydrogen) atoms. The summed E-state index contributed by atoms with van der Waals surface area (Å²) >= 11 is 0. The molecule has 2 heterocycles. The molecule has 338 valence electrons. The van der Waals surface area contributed by atoms with Gasteiger partial charge in [0.1, 0.15) is 35.4 Å². The molecular weight excluding hydrogens is 951 g/mol. The Hall–Kier alpha value is -5.19. The van der Waals surface area contributed by atoms with E-state index in [0.29, 0.717) is 24.7 Å². The van der Waals surface area contributed by atoms with Crippen LogP contribution in [0, 0.1) is 13.8 Å². The van der Waals surface area contributed by atoms with Crippen LogP contribution in [0.5, 0.6) is 0 Å². The molecule has 0 aliphatic rings. The highest BCUT2D eigenvalue weighted by Crippen LogP contribution is 2.29. The van der Waals surface area contributed by atoms with Gasteiger partial charge in [0.25, 0.3) is 5.30 Å². The number of hydrogen-bond donors (Lipinski definition) is 2. The van der Waals surface area contributed by atoms with Gasteiger partial charge < -0.3 is 53.5 Å². The maximum atomic E-state index is 12.2. The number of benzene rings is 4. The Morgan fingerprint density at radius 1 is 0.698 bits per heavy atom. The summed E-state index contributed by atoms with van der Waals surface area (Å²) in [5, 5.41) is 22.1. The summed E-state index contributed by atoms with van der Waals surface area (Å²) in [6, 6.07) is 26.9. The van der Waals surface area contributed by atoms with E-state index in [9.17, 15) is 32.2 Å². The third kappa shape index (κ3) is 14.2. The number of aryl methyl sites for hydroxylation is 4. The van der Waals surface area contributed by atoms with Gasteiger partial charge in [0.2, 0.25) is 22.1 Å². The second-order valence-electron chi connectivity index (χ2n) is 16.4. The lowest BCUT2D eigenvalue weighted by molar-refractivity contribution is -0.645. The van der Waals surface area contributed by atoms with E-state index in [1.165, 1.54) is 33.1 Å². The minimum Gasteiger partial charge on any atom is -1.00 e. The predicted molar refractivity (Wildman–Crippen MR) is 234 cm³/mol. The molecule has 17 heteroatoms. The van der Waals surface area contributed by atoms with Gasteiger partial charge in [-0.25, -0.2) is 0 Å². The van der Waals surface area contributed by atoms with Crippen molar-refractivity contribution in [2.75, 3.05) is 38.0 Å². The van der Waals surface area contributed by atoms with E-state index in [-0.39, 0.29) is 36.4 Å². The zero-order valence-corrected chi connectivity index (χ0v) is 39.9. The van der Waals surface area contributed by atoms with Gasteiger partial charge >= 0.3 is 26.1 Å². The van der Waals surface area contributed by atoms with Gasteiger partial charge in [-0.1, -0.05) is 12.1 Å². The number of carboxylic acids is 2. The number of fused-ring (bicyclic) bond motifs is 4. The number of aliphatic carboxylic acids is 2. The van der Waals surface area contributed by atoms with E-state index in [0.717, 1.165) is 46.0 Å². The van der Waals surface area contributed by atoms with Crippen LogP contribution >= 0.6 is 8.03 Å². The number of esters is 1. The summed E-state index contributed by atoms with van der Waals surface area (Å²) < 4.78 is 53.6. The molecule has 0 saturated heterocycles. The van der Waals surface area contributed by atoms with Crippen molar-refractivity contribution in [3.8, 4) is 0 Å². The molecule has 1 atom stereocenters. The molecule has 0 radical (unpaired) electrons. The molecule has 0 aliphatic carbocycles. The van der Waals surface area contributed by atoms with Crippen molar-refractivity contribution in [3.63, 3.8) is 0 Å². The quantitative estimate of drug-likeness (QED) is 0.0642. The smallest absolute Gasteiger partial charge is 0.547 e. The number of carboxylic acid groups (broad SMARTS) is 2. The Kier molecular flexibility index (Phi) is 18.2.